The van der Waals surface area contributed by atoms with E-state index in [1.54, 1.807) is 13.0 Å². The Kier molecular flexibility index (Phi) is 10.7. The second kappa shape index (κ2) is 13.7. The predicted molar refractivity (Wildman–Crippen MR) is 146 cm³/mol. The van der Waals surface area contributed by atoms with Crippen LogP contribution >= 0.6 is 0 Å². The monoisotopic (exact) mass is 493 g/mol. The average Bonchev–Trinajstić information content (AvgIpc) is 3.26. The maximum absolute atomic E-state index is 11.8. The number of carbonyl (C=O) groups is 1. The molecule has 3 rings (SSSR count). The van der Waals surface area contributed by atoms with Gasteiger partial charge in [-0.1, -0.05) is 61.9 Å². The van der Waals surface area contributed by atoms with Crippen LogP contribution in [0.25, 0.3) is 6.08 Å². The van der Waals surface area contributed by atoms with Crippen molar-refractivity contribution in [3.63, 3.8) is 0 Å². The summed E-state index contributed by atoms with van der Waals surface area (Å²) in [6.07, 6.45) is 7.59. The molecule has 0 radical (unpaired) electrons. The first-order valence-electron chi connectivity index (χ1n) is 13.4. The number of ether oxygens (including phenoxy) is 2. The topological polar surface area (TPSA) is 67.8 Å². The molecule has 0 fully saturated rings. The number of rotatable bonds is 14. The normalized spacial score (nSPS) is 15.7. The van der Waals surface area contributed by atoms with Crippen molar-refractivity contribution < 1.29 is 19.4 Å². The van der Waals surface area contributed by atoms with Crippen LogP contribution in [-0.2, 0) is 27.1 Å². The number of benzene rings is 2. The summed E-state index contributed by atoms with van der Waals surface area (Å²) in [7, 11) is 0. The van der Waals surface area contributed by atoms with E-state index in [4.69, 9.17) is 9.47 Å². The largest absolute Gasteiger partial charge is 0.463 e. The minimum absolute atomic E-state index is 0.0685. The summed E-state index contributed by atoms with van der Waals surface area (Å²) in [5, 5.41) is 14.3. The van der Waals surface area contributed by atoms with Crippen molar-refractivity contribution in [3.05, 3.63) is 76.9 Å². The highest BCUT2D eigenvalue weighted by atomic mass is 16.5. The molecular formula is C31H43NO4. The van der Waals surface area contributed by atoms with Gasteiger partial charge in [0, 0.05) is 18.2 Å². The molecule has 196 valence electrons. The number of aliphatic hydroxyl groups excluding tert-OH is 1. The minimum atomic E-state index is -0.605. The lowest BCUT2D eigenvalue weighted by Gasteiger charge is -2.31. The number of aliphatic hydroxyl groups is 1. The third-order valence-corrected chi connectivity index (χ3v) is 6.82. The van der Waals surface area contributed by atoms with Gasteiger partial charge in [-0.05, 0) is 80.7 Å². The van der Waals surface area contributed by atoms with E-state index in [1.807, 2.05) is 24.3 Å². The van der Waals surface area contributed by atoms with Gasteiger partial charge in [-0.3, -0.25) is 0 Å². The standard InChI is InChI=1S/C31H43NO4/c1-5-11-29(28-15-10-9-12-24(28)16-17-30(34)35-6-2)36-22-27(33)21-32-31(3,4)20-23-18-25-13-7-8-14-26(25)19-23/h7-10,12-17,23,27,29,32-33H,5-6,11,18-22H2,1-4H3/b17-16+. The molecule has 2 aromatic carbocycles. The maximum atomic E-state index is 11.8. The minimum Gasteiger partial charge on any atom is -0.463 e. The molecule has 36 heavy (non-hydrogen) atoms. The molecule has 2 atom stereocenters. The molecule has 0 spiro atoms. The molecule has 5 nitrogen and oxygen atoms in total. The smallest absolute Gasteiger partial charge is 0.330 e. The van der Waals surface area contributed by atoms with Crippen molar-refractivity contribution in [3.8, 4) is 0 Å². The second-order valence-electron chi connectivity index (χ2n) is 10.5. The van der Waals surface area contributed by atoms with Crippen LogP contribution < -0.4 is 5.32 Å². The van der Waals surface area contributed by atoms with Gasteiger partial charge in [0.1, 0.15) is 0 Å². The van der Waals surface area contributed by atoms with E-state index in [0.29, 0.717) is 19.1 Å². The van der Waals surface area contributed by atoms with Crippen LogP contribution in [0.1, 0.15) is 75.3 Å². The number of hydrogen-bond donors (Lipinski definition) is 2. The molecule has 0 bridgehead atoms. The molecular weight excluding hydrogens is 450 g/mol. The summed E-state index contributed by atoms with van der Waals surface area (Å²) < 4.78 is 11.2. The lowest BCUT2D eigenvalue weighted by atomic mass is 9.88. The molecule has 0 aliphatic heterocycles. The van der Waals surface area contributed by atoms with Crippen LogP contribution in [0.5, 0.6) is 0 Å². The molecule has 2 N–H and O–H groups in total. The molecule has 5 heteroatoms. The highest BCUT2D eigenvalue weighted by Crippen LogP contribution is 2.32. The van der Waals surface area contributed by atoms with Crippen LogP contribution in [0.2, 0.25) is 0 Å². The first-order chi connectivity index (χ1) is 17.3. The third kappa shape index (κ3) is 8.58. The lowest BCUT2D eigenvalue weighted by Crippen LogP contribution is -2.45. The molecule has 0 amide bonds. The number of nitrogens with one attached hydrogen (secondary N) is 1. The Morgan fingerprint density at radius 1 is 1.11 bits per heavy atom. The zero-order valence-corrected chi connectivity index (χ0v) is 22.3. The Balaban J connectivity index is 1.51. The van der Waals surface area contributed by atoms with Crippen molar-refractivity contribution in [1.29, 1.82) is 0 Å². The molecule has 2 unspecified atom stereocenters. The van der Waals surface area contributed by atoms with Gasteiger partial charge >= 0.3 is 5.97 Å². The summed E-state index contributed by atoms with van der Waals surface area (Å²) in [5.41, 5.74) is 4.83. The van der Waals surface area contributed by atoms with Gasteiger partial charge in [0.05, 0.1) is 25.4 Å². The Hall–Kier alpha value is -2.47. The van der Waals surface area contributed by atoms with Gasteiger partial charge in [0.15, 0.2) is 0 Å². The molecule has 0 aromatic heterocycles. The third-order valence-electron chi connectivity index (χ3n) is 6.82. The average molecular weight is 494 g/mol. The van der Waals surface area contributed by atoms with Crippen LogP contribution in [0.15, 0.2) is 54.6 Å². The second-order valence-corrected chi connectivity index (χ2v) is 10.5. The van der Waals surface area contributed by atoms with Crippen molar-refractivity contribution in [2.75, 3.05) is 19.8 Å². The van der Waals surface area contributed by atoms with Gasteiger partial charge in [0.25, 0.3) is 0 Å². The predicted octanol–water partition coefficient (Wildman–Crippen LogP) is 5.65. The van der Waals surface area contributed by atoms with Crippen molar-refractivity contribution in [2.45, 2.75) is 77.5 Å². The number of esters is 1. The van der Waals surface area contributed by atoms with E-state index in [2.05, 4.69) is 50.4 Å². The molecule has 0 saturated heterocycles. The van der Waals surface area contributed by atoms with Crippen molar-refractivity contribution >= 4 is 12.0 Å². The van der Waals surface area contributed by atoms with Gasteiger partial charge in [-0.25, -0.2) is 4.79 Å². The molecule has 1 aliphatic rings. The number of β-amino-alcohol motifs (C(OH)–C–C–N with tert-alkyl or cyclic N) is 1. The fraction of sp³-hybridized carbons (Fsp3) is 0.516. The number of fused-ring (bicyclic) bond motifs is 1. The van der Waals surface area contributed by atoms with E-state index < -0.39 is 6.10 Å². The van der Waals surface area contributed by atoms with Crippen LogP contribution in [0.3, 0.4) is 0 Å². The van der Waals surface area contributed by atoms with E-state index in [9.17, 15) is 9.90 Å². The summed E-state index contributed by atoms with van der Waals surface area (Å²) in [4.78, 5) is 11.8. The van der Waals surface area contributed by atoms with Gasteiger partial charge in [0.2, 0.25) is 0 Å². The first-order valence-corrected chi connectivity index (χ1v) is 13.4. The number of hydrogen-bond acceptors (Lipinski definition) is 5. The Labute approximate surface area is 216 Å². The van der Waals surface area contributed by atoms with Crippen molar-refractivity contribution in [1.82, 2.24) is 5.32 Å². The Bertz CT molecular complexity index is 975. The fourth-order valence-corrected chi connectivity index (χ4v) is 5.16. The highest BCUT2D eigenvalue weighted by molar-refractivity contribution is 5.87. The van der Waals surface area contributed by atoms with E-state index in [0.717, 1.165) is 43.2 Å². The summed E-state index contributed by atoms with van der Waals surface area (Å²) in [5.74, 6) is 0.275. The first kappa shape index (κ1) is 28.1. The maximum Gasteiger partial charge on any atom is 0.330 e. The SMILES string of the molecule is CCCC(OCC(O)CNC(C)(C)CC1Cc2ccccc2C1)c1ccccc1/C=C/C(=O)OCC. The van der Waals surface area contributed by atoms with Crippen molar-refractivity contribution in [2.24, 2.45) is 5.92 Å². The number of carbonyl (C=O) groups excluding carboxylic acids is 1. The summed E-state index contributed by atoms with van der Waals surface area (Å²) in [6.45, 7) is 9.43. The van der Waals surface area contributed by atoms with Gasteiger partial charge < -0.3 is 19.9 Å². The molecule has 0 saturated carbocycles. The van der Waals surface area contributed by atoms with Crippen LogP contribution in [-0.4, -0.2) is 42.5 Å². The zero-order valence-electron chi connectivity index (χ0n) is 22.3. The van der Waals surface area contributed by atoms with Crippen LogP contribution in [0, 0.1) is 5.92 Å². The molecule has 0 heterocycles. The van der Waals surface area contributed by atoms with Gasteiger partial charge in [-0.2, -0.15) is 0 Å². The fourth-order valence-electron chi connectivity index (χ4n) is 5.16. The summed E-state index contributed by atoms with van der Waals surface area (Å²) >= 11 is 0. The van der Waals surface area contributed by atoms with Gasteiger partial charge in [-0.15, -0.1) is 0 Å². The van der Waals surface area contributed by atoms with E-state index in [1.165, 1.54) is 17.2 Å². The molecule has 1 aliphatic carbocycles. The lowest BCUT2D eigenvalue weighted by molar-refractivity contribution is -0.137. The highest BCUT2D eigenvalue weighted by Gasteiger charge is 2.28. The Morgan fingerprint density at radius 3 is 2.44 bits per heavy atom. The van der Waals surface area contributed by atoms with E-state index in [-0.39, 0.29) is 24.2 Å². The summed E-state index contributed by atoms with van der Waals surface area (Å²) in [6, 6.07) is 16.7. The quantitative estimate of drug-likeness (QED) is 0.263. The Morgan fingerprint density at radius 2 is 1.78 bits per heavy atom. The van der Waals surface area contributed by atoms with E-state index >= 15 is 0 Å². The zero-order chi connectivity index (χ0) is 26.0. The van der Waals surface area contributed by atoms with Crippen LogP contribution in [0.4, 0.5) is 0 Å². The molecule has 2 aromatic rings.